The first-order chi connectivity index (χ1) is 20.1. The van der Waals surface area contributed by atoms with Crippen LogP contribution in [0.15, 0.2) is 66.7 Å². The van der Waals surface area contributed by atoms with Gasteiger partial charge in [-0.2, -0.15) is 0 Å². The number of anilines is 1. The Morgan fingerprint density at radius 3 is 2.38 bits per heavy atom. The van der Waals surface area contributed by atoms with E-state index in [-0.39, 0.29) is 25.2 Å². The minimum absolute atomic E-state index is 0.141. The quantitative estimate of drug-likeness (QED) is 0.0768. The van der Waals surface area contributed by atoms with Gasteiger partial charge in [0.25, 0.3) is 0 Å². The molecule has 0 saturated carbocycles. The number of unbranched alkanes of at least 4 members (excludes halogenated alkanes) is 1. The van der Waals surface area contributed by atoms with E-state index in [0.29, 0.717) is 29.2 Å². The average molecular weight is 572 g/mol. The number of hydrogen-bond donors (Lipinski definition) is 1. The second kappa shape index (κ2) is 15.4. The summed E-state index contributed by atoms with van der Waals surface area (Å²) in [5, 5.41) is 5.16. The molecular weight excluding hydrogens is 534 g/mol. The molecule has 8 heteroatoms. The van der Waals surface area contributed by atoms with E-state index in [4.69, 9.17) is 4.74 Å². The third-order valence-electron chi connectivity index (χ3n) is 6.87. The lowest BCUT2D eigenvalue weighted by atomic mass is 9.92. The molecule has 0 unspecified atom stereocenters. The molecule has 42 heavy (non-hydrogen) atoms. The van der Waals surface area contributed by atoms with Gasteiger partial charge in [0.05, 0.1) is 13.7 Å². The van der Waals surface area contributed by atoms with Gasteiger partial charge in [0.15, 0.2) is 5.78 Å². The summed E-state index contributed by atoms with van der Waals surface area (Å²) in [5.41, 5.74) is 3.88. The molecule has 3 aromatic carbocycles. The summed E-state index contributed by atoms with van der Waals surface area (Å²) in [4.78, 5) is 59.7. The molecular formula is C34H37NO7. The molecule has 0 radical (unpaired) electrons. The van der Waals surface area contributed by atoms with Crippen LogP contribution in [0.5, 0.6) is 0 Å². The van der Waals surface area contributed by atoms with Crippen LogP contribution in [-0.4, -0.2) is 43.1 Å². The number of ether oxygens (including phenoxy) is 2. The lowest BCUT2D eigenvalue weighted by Crippen LogP contribution is -2.16. The van der Waals surface area contributed by atoms with Crippen molar-refractivity contribution < 1.29 is 33.4 Å². The maximum absolute atomic E-state index is 12.4. The number of allylic oxidation sites excluding steroid dienone is 1. The van der Waals surface area contributed by atoms with Gasteiger partial charge < -0.3 is 9.47 Å². The molecule has 220 valence electrons. The number of benzene rings is 3. The van der Waals surface area contributed by atoms with Crippen molar-refractivity contribution in [1.29, 1.82) is 0 Å². The number of ketones is 3. The third kappa shape index (κ3) is 9.23. The van der Waals surface area contributed by atoms with Crippen molar-refractivity contribution in [3.8, 4) is 0 Å². The van der Waals surface area contributed by atoms with Gasteiger partial charge in [0.2, 0.25) is 11.6 Å². The highest BCUT2D eigenvalue weighted by molar-refractivity contribution is 6.42. The average Bonchev–Trinajstić information content (AvgIpc) is 2.97. The summed E-state index contributed by atoms with van der Waals surface area (Å²) in [7, 11) is 1.16. The van der Waals surface area contributed by atoms with Gasteiger partial charge in [-0.25, -0.2) is 9.59 Å². The Morgan fingerprint density at radius 2 is 1.67 bits per heavy atom. The largest absolute Gasteiger partial charge is 0.466 e. The lowest BCUT2D eigenvalue weighted by Gasteiger charge is -2.13. The van der Waals surface area contributed by atoms with Crippen LogP contribution in [0, 0.1) is 0 Å². The molecule has 8 nitrogen and oxygen atoms in total. The number of aryl methyl sites for hydroxylation is 2. The van der Waals surface area contributed by atoms with Gasteiger partial charge in [0.1, 0.15) is 0 Å². The van der Waals surface area contributed by atoms with E-state index in [9.17, 15) is 24.0 Å². The van der Waals surface area contributed by atoms with Crippen molar-refractivity contribution >= 4 is 45.9 Å². The van der Waals surface area contributed by atoms with E-state index < -0.39 is 23.6 Å². The van der Waals surface area contributed by atoms with Gasteiger partial charge in [0, 0.05) is 23.7 Å². The van der Waals surface area contributed by atoms with Crippen LogP contribution in [-0.2, 0) is 36.7 Å². The highest BCUT2D eigenvalue weighted by Crippen LogP contribution is 2.28. The molecule has 0 aliphatic rings. The summed E-state index contributed by atoms with van der Waals surface area (Å²) < 4.78 is 9.74. The summed E-state index contributed by atoms with van der Waals surface area (Å²) in [6.07, 6.45) is 3.59. The summed E-state index contributed by atoms with van der Waals surface area (Å²) in [6.45, 7) is 6.04. The molecule has 0 bridgehead atoms. The maximum atomic E-state index is 12.4. The van der Waals surface area contributed by atoms with Gasteiger partial charge in [-0.05, 0) is 84.2 Å². The third-order valence-corrected chi connectivity index (χ3v) is 6.87. The normalized spacial score (nSPS) is 11.1. The van der Waals surface area contributed by atoms with Gasteiger partial charge in [-0.15, -0.1) is 0 Å². The Bertz CT molecular complexity index is 1500. The fourth-order valence-corrected chi connectivity index (χ4v) is 4.65. The number of Topliss-reactive ketones (excluding diaryl/α,β-unsaturated/α-hetero) is 2. The Morgan fingerprint density at radius 1 is 0.905 bits per heavy atom. The zero-order valence-electron chi connectivity index (χ0n) is 24.5. The number of fused-ring (bicyclic) bond motifs is 1. The van der Waals surface area contributed by atoms with Gasteiger partial charge in [-0.1, -0.05) is 56.3 Å². The van der Waals surface area contributed by atoms with Crippen molar-refractivity contribution in [3.63, 3.8) is 0 Å². The number of methoxy groups -OCH3 is 1. The number of amides is 1. The second-order valence-electron chi connectivity index (χ2n) is 10.4. The van der Waals surface area contributed by atoms with E-state index in [0.717, 1.165) is 32.1 Å². The molecule has 0 saturated heterocycles. The highest BCUT2D eigenvalue weighted by Gasteiger charge is 2.15. The monoisotopic (exact) mass is 571 g/mol. The van der Waals surface area contributed by atoms with Crippen LogP contribution >= 0.6 is 0 Å². The number of rotatable bonds is 14. The molecule has 0 heterocycles. The van der Waals surface area contributed by atoms with Crippen molar-refractivity contribution in [2.75, 3.05) is 19.0 Å². The first-order valence-electron chi connectivity index (χ1n) is 14.0. The van der Waals surface area contributed by atoms with Gasteiger partial charge >= 0.3 is 12.1 Å². The number of carbonyl (C=O) groups excluding carboxylic acids is 5. The fourth-order valence-electron chi connectivity index (χ4n) is 4.65. The van der Waals surface area contributed by atoms with Crippen LogP contribution < -0.4 is 5.32 Å². The molecule has 3 aromatic rings. The Balaban J connectivity index is 1.49. The van der Waals surface area contributed by atoms with Gasteiger partial charge in [-0.3, -0.25) is 19.7 Å². The van der Waals surface area contributed by atoms with Crippen molar-refractivity contribution in [2.45, 2.75) is 58.8 Å². The zero-order valence-corrected chi connectivity index (χ0v) is 24.5. The predicted octanol–water partition coefficient (Wildman–Crippen LogP) is 6.54. The van der Waals surface area contributed by atoms with Crippen LogP contribution in [0.3, 0.4) is 0 Å². The van der Waals surface area contributed by atoms with Crippen molar-refractivity contribution in [2.24, 2.45) is 0 Å². The van der Waals surface area contributed by atoms with E-state index in [1.165, 1.54) is 34.9 Å². The van der Waals surface area contributed by atoms with Crippen LogP contribution in [0.2, 0.25) is 0 Å². The molecule has 0 atom stereocenters. The number of nitrogens with one attached hydrogen (secondary N) is 1. The lowest BCUT2D eigenvalue weighted by molar-refractivity contribution is -0.135. The van der Waals surface area contributed by atoms with Crippen LogP contribution in [0.25, 0.3) is 10.8 Å². The maximum Gasteiger partial charge on any atom is 0.411 e. The SMILES string of the molecule is COC(=O)/C=C/C(=O)C(=O)CCc1ccc(NC(=O)OCCCCc2cc(C(C)C)c3ccccc3c2)cc1C(C)=O. The molecule has 0 fully saturated rings. The number of hydrogen-bond acceptors (Lipinski definition) is 7. The highest BCUT2D eigenvalue weighted by atomic mass is 16.5. The predicted molar refractivity (Wildman–Crippen MR) is 162 cm³/mol. The standard InChI is InChI=1S/C34H37NO7/c1-22(2)29-20-24(19-26-10-5-6-11-28(26)29)9-7-8-18-42-34(40)35-27-14-12-25(30(21-27)23(3)36)13-15-31(37)32(38)16-17-33(39)41-4/h5-6,10-12,14,16-17,19-22H,7-9,13,15,18H2,1-4H3,(H,35,40)/b17-16+. The summed E-state index contributed by atoms with van der Waals surface area (Å²) >= 11 is 0. The van der Waals surface area contributed by atoms with Crippen LogP contribution in [0.1, 0.15) is 73.0 Å². The number of esters is 1. The summed E-state index contributed by atoms with van der Waals surface area (Å²) in [6, 6.07) is 17.7. The fraction of sp³-hybridized carbons (Fsp3) is 0.324. The van der Waals surface area contributed by atoms with E-state index in [2.05, 4.69) is 54.2 Å². The Hall–Kier alpha value is -4.59. The smallest absolute Gasteiger partial charge is 0.411 e. The molecule has 0 spiro atoms. The van der Waals surface area contributed by atoms with E-state index >= 15 is 0 Å². The Kier molecular flexibility index (Phi) is 11.7. The van der Waals surface area contributed by atoms with Crippen molar-refractivity contribution in [3.05, 3.63) is 89.0 Å². The molecule has 0 aliphatic heterocycles. The minimum atomic E-state index is -0.830. The second-order valence-corrected chi connectivity index (χ2v) is 10.4. The molecule has 1 amide bonds. The van der Waals surface area contributed by atoms with Crippen molar-refractivity contribution in [1.82, 2.24) is 0 Å². The summed E-state index contributed by atoms with van der Waals surface area (Å²) in [5.74, 6) is -2.09. The first-order valence-corrected chi connectivity index (χ1v) is 14.0. The topological polar surface area (TPSA) is 116 Å². The zero-order chi connectivity index (χ0) is 30.6. The first kappa shape index (κ1) is 31.9. The molecule has 3 rings (SSSR count). The van der Waals surface area contributed by atoms with Crippen LogP contribution in [0.4, 0.5) is 10.5 Å². The minimum Gasteiger partial charge on any atom is -0.466 e. The Labute approximate surface area is 246 Å². The molecule has 0 aliphatic carbocycles. The van der Waals surface area contributed by atoms with E-state index in [1.807, 2.05) is 6.07 Å². The van der Waals surface area contributed by atoms with E-state index in [1.54, 1.807) is 12.1 Å². The molecule has 1 N–H and O–H groups in total. The molecule has 0 aromatic heterocycles. The number of carbonyl (C=O) groups is 5.